The monoisotopic (exact) mass is 411 g/mol. The maximum atomic E-state index is 12.6. The Morgan fingerprint density at radius 2 is 1.86 bits per heavy atom. The van der Waals surface area contributed by atoms with E-state index in [-0.39, 0.29) is 11.3 Å². The van der Waals surface area contributed by atoms with Gasteiger partial charge in [-0.15, -0.1) is 0 Å². The van der Waals surface area contributed by atoms with Gasteiger partial charge >= 0.3 is 12.4 Å². The number of aryl methyl sites for hydroxylation is 1. The third-order valence-corrected chi connectivity index (χ3v) is 3.73. The number of hydrogen-bond acceptors (Lipinski definition) is 4. The van der Waals surface area contributed by atoms with Crippen LogP contribution in [0.25, 0.3) is 0 Å². The Balaban J connectivity index is 1.95. The van der Waals surface area contributed by atoms with Crippen LogP contribution in [0.15, 0.2) is 23.4 Å². The molecule has 2 rings (SSSR count). The topological polar surface area (TPSA) is 79.8 Å². The lowest BCUT2D eigenvalue weighted by atomic mass is 9.99. The summed E-state index contributed by atoms with van der Waals surface area (Å²) in [4.78, 5) is 27.7. The van der Waals surface area contributed by atoms with E-state index >= 15 is 0 Å². The smallest absolute Gasteiger partial charge is 0.382 e. The van der Waals surface area contributed by atoms with Crippen LogP contribution in [0.4, 0.5) is 26.3 Å². The molecule has 0 saturated heterocycles. The van der Waals surface area contributed by atoms with Crippen LogP contribution in [-0.2, 0) is 9.63 Å². The highest BCUT2D eigenvalue weighted by molar-refractivity contribution is 6.03. The fourth-order valence-corrected chi connectivity index (χ4v) is 2.34. The van der Waals surface area contributed by atoms with Gasteiger partial charge in [-0.3, -0.25) is 9.59 Å². The van der Waals surface area contributed by atoms with E-state index in [0.29, 0.717) is 11.1 Å². The number of rotatable bonds is 5. The average molecular weight is 411 g/mol. The van der Waals surface area contributed by atoms with Crippen LogP contribution in [0.2, 0.25) is 0 Å². The predicted octanol–water partition coefficient (Wildman–Crippen LogP) is 2.46. The predicted molar refractivity (Wildman–Crippen MR) is 84.7 cm³/mol. The minimum absolute atomic E-state index is 0.0731. The molecule has 0 fully saturated rings. The van der Waals surface area contributed by atoms with Crippen LogP contribution in [0, 0.1) is 6.92 Å². The number of carbonyl (C=O) groups excluding carboxylic acids is 2. The third-order valence-electron chi connectivity index (χ3n) is 3.73. The normalized spacial score (nSPS) is 17.0. The number of oxime groups is 1. The first-order valence-electron chi connectivity index (χ1n) is 7.89. The van der Waals surface area contributed by atoms with Crippen molar-refractivity contribution in [1.82, 2.24) is 10.6 Å². The van der Waals surface area contributed by atoms with Crippen LogP contribution in [0.1, 0.15) is 27.9 Å². The van der Waals surface area contributed by atoms with Crippen molar-refractivity contribution < 1.29 is 40.8 Å². The molecule has 0 spiro atoms. The first kappa shape index (κ1) is 21.5. The highest BCUT2D eigenvalue weighted by atomic mass is 19.4. The maximum Gasteiger partial charge on any atom is 0.428 e. The van der Waals surface area contributed by atoms with Crippen molar-refractivity contribution >= 4 is 17.5 Å². The number of nitrogens with one attached hydrogen (secondary N) is 2. The second kappa shape index (κ2) is 8.07. The molecule has 0 aliphatic carbocycles. The zero-order valence-electron chi connectivity index (χ0n) is 14.4. The molecule has 0 bridgehead atoms. The lowest BCUT2D eigenvalue weighted by Gasteiger charge is -2.12. The van der Waals surface area contributed by atoms with Crippen molar-refractivity contribution in [3.63, 3.8) is 0 Å². The molecule has 1 aromatic carbocycles. The molecule has 1 heterocycles. The molecule has 12 heteroatoms. The number of alkyl halides is 6. The SMILES string of the molecule is Cc1cc(C2=NOC(C(F)(F)F)C2)ccc1C(=O)NCC(=O)NCC(F)(F)F. The average Bonchev–Trinajstić information content (AvgIpc) is 3.07. The van der Waals surface area contributed by atoms with Crippen LogP contribution in [0.3, 0.4) is 0 Å². The van der Waals surface area contributed by atoms with Gasteiger partial charge in [0.25, 0.3) is 5.91 Å². The van der Waals surface area contributed by atoms with E-state index in [1.807, 2.05) is 0 Å². The largest absolute Gasteiger partial charge is 0.428 e. The molecule has 1 aliphatic rings. The summed E-state index contributed by atoms with van der Waals surface area (Å²) in [6.07, 6.45) is -11.6. The molecule has 1 aromatic rings. The molecule has 0 saturated carbocycles. The van der Waals surface area contributed by atoms with E-state index in [2.05, 4.69) is 15.3 Å². The highest BCUT2D eigenvalue weighted by Gasteiger charge is 2.45. The Bertz CT molecular complexity index is 789. The Kier molecular flexibility index (Phi) is 6.20. The van der Waals surface area contributed by atoms with Crippen molar-refractivity contribution in [3.8, 4) is 0 Å². The van der Waals surface area contributed by atoms with Crippen LogP contribution in [0.5, 0.6) is 0 Å². The van der Waals surface area contributed by atoms with Gasteiger partial charge in [0.1, 0.15) is 6.54 Å². The van der Waals surface area contributed by atoms with E-state index in [1.54, 1.807) is 5.32 Å². The van der Waals surface area contributed by atoms with Gasteiger partial charge in [0, 0.05) is 12.0 Å². The summed E-state index contributed by atoms with van der Waals surface area (Å²) < 4.78 is 73.9. The van der Waals surface area contributed by atoms with Gasteiger partial charge < -0.3 is 15.5 Å². The first-order valence-corrected chi connectivity index (χ1v) is 7.89. The minimum atomic E-state index is -4.57. The summed E-state index contributed by atoms with van der Waals surface area (Å²) >= 11 is 0. The van der Waals surface area contributed by atoms with Crippen molar-refractivity contribution in [3.05, 3.63) is 34.9 Å². The van der Waals surface area contributed by atoms with Gasteiger partial charge in [0.2, 0.25) is 12.0 Å². The fourth-order valence-electron chi connectivity index (χ4n) is 2.34. The maximum absolute atomic E-state index is 12.6. The van der Waals surface area contributed by atoms with Crippen LogP contribution < -0.4 is 10.6 Å². The minimum Gasteiger partial charge on any atom is -0.382 e. The van der Waals surface area contributed by atoms with E-state index < -0.39 is 49.8 Å². The molecule has 1 atom stereocenters. The summed E-state index contributed by atoms with van der Waals surface area (Å²) in [5, 5.41) is 7.20. The fraction of sp³-hybridized carbons (Fsp3) is 0.438. The Hall–Kier alpha value is -2.79. The van der Waals surface area contributed by atoms with Gasteiger partial charge in [-0.25, -0.2) is 0 Å². The molecular weight excluding hydrogens is 396 g/mol. The molecule has 1 aliphatic heterocycles. The van der Waals surface area contributed by atoms with Gasteiger partial charge in [-0.05, 0) is 30.2 Å². The standard InChI is InChI=1S/C16H15F6N3O3/c1-8-4-9(11-5-12(28-25-11)16(20,21)22)2-3-10(8)14(27)23-6-13(26)24-7-15(17,18)19/h2-4,12H,5-7H2,1H3,(H,23,27)(H,24,26). The molecule has 0 radical (unpaired) electrons. The van der Waals surface area contributed by atoms with Gasteiger partial charge in [0.15, 0.2) is 0 Å². The van der Waals surface area contributed by atoms with Crippen molar-refractivity contribution in [1.29, 1.82) is 0 Å². The highest BCUT2D eigenvalue weighted by Crippen LogP contribution is 2.31. The summed E-state index contributed by atoms with van der Waals surface area (Å²) in [5.74, 6) is -1.74. The number of amides is 2. The van der Waals surface area contributed by atoms with Crippen LogP contribution in [-0.4, -0.2) is 49.1 Å². The number of hydrogen-bond donors (Lipinski definition) is 2. The number of halogens is 6. The second-order valence-corrected chi connectivity index (χ2v) is 5.98. The molecule has 28 heavy (non-hydrogen) atoms. The Morgan fingerprint density at radius 1 is 1.18 bits per heavy atom. The van der Waals surface area contributed by atoms with Crippen molar-refractivity contribution in [2.75, 3.05) is 13.1 Å². The van der Waals surface area contributed by atoms with E-state index in [9.17, 15) is 35.9 Å². The Morgan fingerprint density at radius 3 is 2.39 bits per heavy atom. The number of benzene rings is 1. The number of carbonyl (C=O) groups is 2. The van der Waals surface area contributed by atoms with Crippen LogP contribution >= 0.6 is 0 Å². The Labute approximate surface area is 154 Å². The van der Waals surface area contributed by atoms with E-state index in [0.717, 1.165) is 0 Å². The number of nitrogens with zero attached hydrogens (tertiary/aromatic N) is 1. The van der Waals surface area contributed by atoms with E-state index in [4.69, 9.17) is 0 Å². The van der Waals surface area contributed by atoms with E-state index in [1.165, 1.54) is 25.1 Å². The summed E-state index contributed by atoms with van der Waals surface area (Å²) in [6.45, 7) is -0.664. The summed E-state index contributed by atoms with van der Waals surface area (Å²) in [6, 6.07) is 4.11. The molecule has 1 unspecified atom stereocenters. The van der Waals surface area contributed by atoms with Crippen molar-refractivity contribution in [2.24, 2.45) is 5.16 Å². The molecule has 2 N–H and O–H groups in total. The van der Waals surface area contributed by atoms with Gasteiger partial charge in [-0.2, -0.15) is 26.3 Å². The third kappa shape index (κ3) is 5.86. The molecule has 0 aromatic heterocycles. The molecule has 154 valence electrons. The first-order chi connectivity index (χ1) is 12.9. The lowest BCUT2D eigenvalue weighted by Crippen LogP contribution is -2.41. The van der Waals surface area contributed by atoms with Gasteiger partial charge in [-0.1, -0.05) is 11.2 Å². The summed E-state index contributed by atoms with van der Waals surface area (Å²) in [7, 11) is 0. The summed E-state index contributed by atoms with van der Waals surface area (Å²) in [5.41, 5.74) is 0.899. The molecule has 6 nitrogen and oxygen atoms in total. The van der Waals surface area contributed by atoms with Gasteiger partial charge in [0.05, 0.1) is 12.3 Å². The molecular formula is C16H15F6N3O3. The zero-order valence-corrected chi connectivity index (χ0v) is 14.4. The van der Waals surface area contributed by atoms with Crippen molar-refractivity contribution in [2.45, 2.75) is 31.8 Å². The molecule has 2 amide bonds. The second-order valence-electron chi connectivity index (χ2n) is 5.98. The zero-order chi connectivity index (χ0) is 21.1. The quantitative estimate of drug-likeness (QED) is 0.731. The lowest BCUT2D eigenvalue weighted by molar-refractivity contribution is -0.212.